The van der Waals surface area contributed by atoms with E-state index in [0.29, 0.717) is 0 Å². The molecule has 1 aromatic carbocycles. The van der Waals surface area contributed by atoms with Crippen LogP contribution in [0.25, 0.3) is 0 Å². The molecule has 3 nitrogen and oxygen atoms in total. The van der Waals surface area contributed by atoms with Crippen molar-refractivity contribution in [1.82, 2.24) is 15.3 Å². The van der Waals surface area contributed by atoms with E-state index in [4.69, 9.17) is 11.6 Å². The number of hydrogen-bond acceptors (Lipinski definition) is 2. The predicted octanol–water partition coefficient (Wildman–Crippen LogP) is 3.12. The van der Waals surface area contributed by atoms with Gasteiger partial charge in [0.1, 0.15) is 5.82 Å². The molecule has 0 radical (unpaired) electrons. The molecule has 0 aliphatic carbocycles. The molecule has 16 heavy (non-hydrogen) atoms. The first kappa shape index (κ1) is 11.6. The molecule has 2 aromatic rings. The largest absolute Gasteiger partial charge is 0.348 e. The molecule has 0 bridgehead atoms. The zero-order chi connectivity index (χ0) is 11.4. The van der Waals surface area contributed by atoms with Crippen molar-refractivity contribution in [2.75, 3.05) is 0 Å². The van der Waals surface area contributed by atoms with Crippen LogP contribution in [0.3, 0.4) is 0 Å². The van der Waals surface area contributed by atoms with Gasteiger partial charge >= 0.3 is 0 Å². The molecular formula is C11H11BrClN3. The summed E-state index contributed by atoms with van der Waals surface area (Å²) in [6.45, 7) is 1.50. The maximum atomic E-state index is 5.87. The monoisotopic (exact) mass is 299 g/mol. The Balaban J connectivity index is 1.90. The second kappa shape index (κ2) is 5.48. The molecule has 5 heteroatoms. The van der Waals surface area contributed by atoms with Crippen molar-refractivity contribution in [1.29, 1.82) is 0 Å². The van der Waals surface area contributed by atoms with Crippen molar-refractivity contribution in [2.45, 2.75) is 13.1 Å². The van der Waals surface area contributed by atoms with Crippen LogP contribution >= 0.6 is 27.5 Å². The lowest BCUT2D eigenvalue weighted by molar-refractivity contribution is 0.667. The minimum absolute atomic E-state index is 0.724. The second-order valence-corrected chi connectivity index (χ2v) is 4.67. The number of aromatic nitrogens is 2. The third-order valence-electron chi connectivity index (χ3n) is 2.18. The maximum Gasteiger partial charge on any atom is 0.120 e. The lowest BCUT2D eigenvalue weighted by atomic mass is 10.2. The minimum atomic E-state index is 0.724. The van der Waals surface area contributed by atoms with E-state index in [0.717, 1.165) is 28.4 Å². The van der Waals surface area contributed by atoms with Gasteiger partial charge in [0.2, 0.25) is 0 Å². The van der Waals surface area contributed by atoms with E-state index in [1.807, 2.05) is 24.4 Å². The number of nitrogens with zero attached hydrogens (tertiary/aromatic N) is 1. The number of benzene rings is 1. The molecular weight excluding hydrogens is 289 g/mol. The summed E-state index contributed by atoms with van der Waals surface area (Å²) in [5.41, 5.74) is 1.18. The lowest BCUT2D eigenvalue weighted by Crippen LogP contribution is -2.13. The third kappa shape index (κ3) is 3.07. The molecule has 84 valence electrons. The van der Waals surface area contributed by atoms with Crippen LogP contribution in [0, 0.1) is 0 Å². The fourth-order valence-corrected chi connectivity index (χ4v) is 2.20. The summed E-state index contributed by atoms with van der Waals surface area (Å²) in [7, 11) is 0. The van der Waals surface area contributed by atoms with Crippen LogP contribution in [0.15, 0.2) is 35.1 Å². The summed E-state index contributed by atoms with van der Waals surface area (Å²) in [4.78, 5) is 7.17. The summed E-state index contributed by atoms with van der Waals surface area (Å²) in [6, 6.07) is 5.78. The van der Waals surface area contributed by atoms with Gasteiger partial charge in [-0.15, -0.1) is 0 Å². The first-order chi connectivity index (χ1) is 7.75. The molecule has 1 aromatic heterocycles. The Bertz CT molecular complexity index is 456. The van der Waals surface area contributed by atoms with E-state index in [2.05, 4.69) is 31.2 Å². The summed E-state index contributed by atoms with van der Waals surface area (Å²) in [5.74, 6) is 0.935. The lowest BCUT2D eigenvalue weighted by Gasteiger charge is -2.05. The highest BCUT2D eigenvalue weighted by atomic mass is 79.9. The van der Waals surface area contributed by atoms with Gasteiger partial charge < -0.3 is 10.3 Å². The predicted molar refractivity (Wildman–Crippen MR) is 68.3 cm³/mol. The average molecular weight is 301 g/mol. The number of nitrogens with one attached hydrogen (secondary N) is 2. The average Bonchev–Trinajstić information content (AvgIpc) is 2.74. The zero-order valence-corrected chi connectivity index (χ0v) is 10.8. The van der Waals surface area contributed by atoms with Crippen molar-refractivity contribution in [2.24, 2.45) is 0 Å². The molecule has 0 fully saturated rings. The highest BCUT2D eigenvalue weighted by Crippen LogP contribution is 2.21. The number of halogens is 2. The van der Waals surface area contributed by atoms with Gasteiger partial charge in [-0.25, -0.2) is 4.98 Å². The summed E-state index contributed by atoms with van der Waals surface area (Å²) >= 11 is 9.34. The van der Waals surface area contributed by atoms with E-state index in [9.17, 15) is 0 Å². The molecule has 0 saturated heterocycles. The topological polar surface area (TPSA) is 40.7 Å². The quantitative estimate of drug-likeness (QED) is 0.911. The van der Waals surface area contributed by atoms with Gasteiger partial charge in [0.05, 0.1) is 6.54 Å². The molecule has 0 amide bonds. The Morgan fingerprint density at radius 1 is 1.38 bits per heavy atom. The first-order valence-electron chi connectivity index (χ1n) is 4.88. The fraction of sp³-hybridized carbons (Fsp3) is 0.182. The van der Waals surface area contributed by atoms with Gasteiger partial charge in [-0.1, -0.05) is 33.6 Å². The third-order valence-corrected chi connectivity index (χ3v) is 3.15. The highest BCUT2D eigenvalue weighted by molar-refractivity contribution is 9.10. The molecule has 0 aliphatic heterocycles. The van der Waals surface area contributed by atoms with E-state index in [1.165, 1.54) is 5.56 Å². The molecule has 0 saturated carbocycles. The van der Waals surface area contributed by atoms with Crippen LogP contribution in [0.2, 0.25) is 5.02 Å². The molecule has 0 atom stereocenters. The van der Waals surface area contributed by atoms with Gasteiger partial charge in [-0.3, -0.25) is 0 Å². The van der Waals surface area contributed by atoms with E-state index in [-0.39, 0.29) is 0 Å². The van der Waals surface area contributed by atoms with E-state index >= 15 is 0 Å². The van der Waals surface area contributed by atoms with Crippen molar-refractivity contribution < 1.29 is 0 Å². The Labute approximate surface area is 107 Å². The number of hydrogen-bond donors (Lipinski definition) is 2. The van der Waals surface area contributed by atoms with Crippen molar-refractivity contribution in [3.63, 3.8) is 0 Å². The fourth-order valence-electron chi connectivity index (χ4n) is 1.38. The molecule has 2 N–H and O–H groups in total. The molecule has 1 heterocycles. The normalized spacial score (nSPS) is 10.6. The minimum Gasteiger partial charge on any atom is -0.348 e. The Morgan fingerprint density at radius 2 is 2.25 bits per heavy atom. The summed E-state index contributed by atoms with van der Waals surface area (Å²) < 4.78 is 1.02. The zero-order valence-electron chi connectivity index (χ0n) is 8.50. The number of H-pyrrole nitrogens is 1. The number of rotatable bonds is 4. The Hall–Kier alpha value is -0.840. The van der Waals surface area contributed by atoms with E-state index in [1.54, 1.807) is 6.20 Å². The Morgan fingerprint density at radius 3 is 2.94 bits per heavy atom. The van der Waals surface area contributed by atoms with Gasteiger partial charge in [-0.2, -0.15) is 0 Å². The van der Waals surface area contributed by atoms with Crippen molar-refractivity contribution >= 4 is 27.5 Å². The van der Waals surface area contributed by atoms with Crippen LogP contribution in [0.1, 0.15) is 11.4 Å². The van der Waals surface area contributed by atoms with Crippen LogP contribution < -0.4 is 5.32 Å². The Kier molecular flexibility index (Phi) is 3.98. The van der Waals surface area contributed by atoms with Gasteiger partial charge in [0.25, 0.3) is 0 Å². The van der Waals surface area contributed by atoms with Crippen LogP contribution in [-0.2, 0) is 13.1 Å². The van der Waals surface area contributed by atoms with Gasteiger partial charge in [0, 0.05) is 28.4 Å². The van der Waals surface area contributed by atoms with Crippen LogP contribution in [0.4, 0.5) is 0 Å². The SMILES string of the molecule is Clc1ccc(CNCc2ncc[nH]2)c(Br)c1. The highest BCUT2D eigenvalue weighted by Gasteiger charge is 2.00. The molecule has 0 aliphatic rings. The van der Waals surface area contributed by atoms with Gasteiger partial charge in [-0.05, 0) is 17.7 Å². The standard InChI is InChI=1S/C11H11BrClN3/c12-10-5-9(13)2-1-8(10)6-14-7-11-15-3-4-16-11/h1-5,14H,6-7H2,(H,15,16). The number of aromatic amines is 1. The van der Waals surface area contributed by atoms with Crippen molar-refractivity contribution in [3.05, 3.63) is 51.5 Å². The molecule has 2 rings (SSSR count). The smallest absolute Gasteiger partial charge is 0.120 e. The first-order valence-corrected chi connectivity index (χ1v) is 6.05. The molecule has 0 spiro atoms. The van der Waals surface area contributed by atoms with Crippen LogP contribution in [-0.4, -0.2) is 9.97 Å². The second-order valence-electron chi connectivity index (χ2n) is 3.38. The summed E-state index contributed by atoms with van der Waals surface area (Å²) in [5, 5.41) is 4.04. The van der Waals surface area contributed by atoms with Crippen molar-refractivity contribution in [3.8, 4) is 0 Å². The maximum absolute atomic E-state index is 5.87. The number of imidazole rings is 1. The molecule has 0 unspecified atom stereocenters. The summed E-state index contributed by atoms with van der Waals surface area (Å²) in [6.07, 6.45) is 3.56. The van der Waals surface area contributed by atoms with Gasteiger partial charge in [0.15, 0.2) is 0 Å². The van der Waals surface area contributed by atoms with Crippen LogP contribution in [0.5, 0.6) is 0 Å². The van der Waals surface area contributed by atoms with E-state index < -0.39 is 0 Å².